The van der Waals surface area contributed by atoms with Crippen LogP contribution in [0.25, 0.3) is 0 Å². The van der Waals surface area contributed by atoms with Gasteiger partial charge in [-0.3, -0.25) is 4.79 Å². The van der Waals surface area contributed by atoms with Crippen LogP contribution in [0.5, 0.6) is 0 Å². The zero-order valence-corrected chi connectivity index (χ0v) is 8.80. The summed E-state index contributed by atoms with van der Waals surface area (Å²) < 4.78 is 0. The molecule has 1 saturated heterocycles. The molecule has 1 fully saturated rings. The SMILES string of the molecule is CSCC(C)(O)CN1CC(N)C1=O. The number of likely N-dealkylation sites (tertiary alicyclic amines) is 1. The molecule has 0 saturated carbocycles. The molecule has 2 unspecified atom stereocenters. The third kappa shape index (κ3) is 2.59. The quantitative estimate of drug-likeness (QED) is 0.593. The predicted octanol–water partition coefficient (Wildman–Crippen LogP) is -0.730. The molecule has 0 aromatic heterocycles. The van der Waals surface area contributed by atoms with Gasteiger partial charge in [0.25, 0.3) is 0 Å². The topological polar surface area (TPSA) is 66.6 Å². The van der Waals surface area contributed by atoms with Gasteiger partial charge in [-0.25, -0.2) is 0 Å². The Morgan fingerprint density at radius 1 is 1.85 bits per heavy atom. The summed E-state index contributed by atoms with van der Waals surface area (Å²) in [6, 6.07) is -0.343. The third-order valence-corrected chi connectivity index (χ3v) is 2.94. The largest absolute Gasteiger partial charge is 0.387 e. The molecule has 1 rings (SSSR count). The second-order valence-electron chi connectivity index (χ2n) is 3.76. The lowest BCUT2D eigenvalue weighted by atomic mass is 10.0. The Morgan fingerprint density at radius 2 is 2.46 bits per heavy atom. The summed E-state index contributed by atoms with van der Waals surface area (Å²) in [7, 11) is 0. The van der Waals surface area contributed by atoms with Crippen molar-refractivity contribution in [2.45, 2.75) is 18.6 Å². The van der Waals surface area contributed by atoms with E-state index in [-0.39, 0.29) is 11.9 Å². The van der Waals surface area contributed by atoms with Crippen LogP contribution in [0, 0.1) is 0 Å². The lowest BCUT2D eigenvalue weighted by Crippen LogP contribution is -2.64. The van der Waals surface area contributed by atoms with E-state index in [0.717, 1.165) is 0 Å². The Hall–Kier alpha value is -0.260. The van der Waals surface area contributed by atoms with Crippen molar-refractivity contribution in [3.63, 3.8) is 0 Å². The van der Waals surface area contributed by atoms with Crippen LogP contribution in [0.1, 0.15) is 6.92 Å². The number of rotatable bonds is 4. The third-order valence-electron chi connectivity index (χ3n) is 2.03. The predicted molar refractivity (Wildman–Crippen MR) is 53.6 cm³/mol. The highest BCUT2D eigenvalue weighted by atomic mass is 32.2. The highest BCUT2D eigenvalue weighted by Gasteiger charge is 2.37. The van der Waals surface area contributed by atoms with Crippen LogP contribution in [0.3, 0.4) is 0 Å². The molecule has 0 aliphatic carbocycles. The molecule has 4 nitrogen and oxygen atoms in total. The van der Waals surface area contributed by atoms with E-state index in [9.17, 15) is 9.90 Å². The molecule has 1 aliphatic rings. The number of carbonyl (C=O) groups is 1. The molecule has 0 aromatic rings. The number of thioether (sulfide) groups is 1. The van der Waals surface area contributed by atoms with Crippen molar-refractivity contribution in [1.29, 1.82) is 0 Å². The molecule has 0 bridgehead atoms. The van der Waals surface area contributed by atoms with Crippen molar-refractivity contribution in [2.24, 2.45) is 5.73 Å². The molecule has 1 aliphatic heterocycles. The van der Waals surface area contributed by atoms with Crippen molar-refractivity contribution < 1.29 is 9.90 Å². The van der Waals surface area contributed by atoms with Crippen molar-refractivity contribution in [2.75, 3.05) is 25.1 Å². The first-order chi connectivity index (χ1) is 5.96. The van der Waals surface area contributed by atoms with Gasteiger partial charge in [0, 0.05) is 12.3 Å². The van der Waals surface area contributed by atoms with Gasteiger partial charge < -0.3 is 15.7 Å². The second-order valence-corrected chi connectivity index (χ2v) is 4.62. The van der Waals surface area contributed by atoms with E-state index >= 15 is 0 Å². The maximum absolute atomic E-state index is 11.1. The molecule has 0 spiro atoms. The minimum atomic E-state index is -0.796. The number of hydrogen-bond donors (Lipinski definition) is 2. The summed E-state index contributed by atoms with van der Waals surface area (Å²) in [5, 5.41) is 9.80. The monoisotopic (exact) mass is 204 g/mol. The van der Waals surface area contributed by atoms with Gasteiger partial charge in [0.05, 0.1) is 12.1 Å². The van der Waals surface area contributed by atoms with Gasteiger partial charge in [-0.05, 0) is 13.2 Å². The zero-order chi connectivity index (χ0) is 10.1. The minimum Gasteiger partial charge on any atom is -0.387 e. The average molecular weight is 204 g/mol. The highest BCUT2D eigenvalue weighted by Crippen LogP contribution is 2.17. The maximum atomic E-state index is 11.1. The van der Waals surface area contributed by atoms with Crippen LogP contribution < -0.4 is 5.73 Å². The number of nitrogens with two attached hydrogens (primary N) is 1. The van der Waals surface area contributed by atoms with Crippen molar-refractivity contribution in [3.8, 4) is 0 Å². The van der Waals surface area contributed by atoms with Gasteiger partial charge in [-0.2, -0.15) is 11.8 Å². The molecule has 3 N–H and O–H groups in total. The van der Waals surface area contributed by atoms with E-state index in [4.69, 9.17) is 5.73 Å². The Balaban J connectivity index is 2.37. The zero-order valence-electron chi connectivity index (χ0n) is 7.99. The van der Waals surface area contributed by atoms with Crippen LogP contribution in [-0.4, -0.2) is 52.7 Å². The Morgan fingerprint density at radius 3 is 2.85 bits per heavy atom. The van der Waals surface area contributed by atoms with Gasteiger partial charge in [0.15, 0.2) is 0 Å². The van der Waals surface area contributed by atoms with Gasteiger partial charge in [-0.15, -0.1) is 0 Å². The number of amides is 1. The smallest absolute Gasteiger partial charge is 0.241 e. The molecule has 1 heterocycles. The molecule has 13 heavy (non-hydrogen) atoms. The van der Waals surface area contributed by atoms with Crippen LogP contribution in [0.4, 0.5) is 0 Å². The van der Waals surface area contributed by atoms with Crippen LogP contribution in [0.2, 0.25) is 0 Å². The summed E-state index contributed by atoms with van der Waals surface area (Å²) in [6.45, 7) is 2.70. The van der Waals surface area contributed by atoms with Gasteiger partial charge in [0.2, 0.25) is 5.91 Å². The van der Waals surface area contributed by atoms with E-state index in [1.807, 2.05) is 6.26 Å². The van der Waals surface area contributed by atoms with Gasteiger partial charge in [0.1, 0.15) is 6.04 Å². The van der Waals surface area contributed by atoms with Crippen LogP contribution >= 0.6 is 11.8 Å². The number of β-amino-alcohol motifs (C(OH)–C–C–N with tert-alkyl or cyclic N) is 1. The highest BCUT2D eigenvalue weighted by molar-refractivity contribution is 7.98. The summed E-state index contributed by atoms with van der Waals surface area (Å²) in [5.41, 5.74) is 4.63. The summed E-state index contributed by atoms with van der Waals surface area (Å²) in [4.78, 5) is 12.7. The number of β-lactam (4-membered cyclic amide) rings is 1. The molecular formula is C8H16N2O2S. The fourth-order valence-electron chi connectivity index (χ4n) is 1.44. The molecule has 2 atom stereocenters. The molecule has 0 aromatic carbocycles. The van der Waals surface area contributed by atoms with E-state index in [1.165, 1.54) is 0 Å². The normalized spacial score (nSPS) is 26.9. The summed E-state index contributed by atoms with van der Waals surface area (Å²) >= 11 is 1.57. The van der Waals surface area contributed by atoms with Crippen molar-refractivity contribution in [3.05, 3.63) is 0 Å². The van der Waals surface area contributed by atoms with Gasteiger partial charge >= 0.3 is 0 Å². The molecule has 1 amide bonds. The molecule has 0 radical (unpaired) electrons. The summed E-state index contributed by atoms with van der Waals surface area (Å²) in [6.07, 6.45) is 1.93. The van der Waals surface area contributed by atoms with Crippen molar-refractivity contribution in [1.82, 2.24) is 4.90 Å². The first kappa shape index (κ1) is 10.8. The Labute approximate surface area is 82.5 Å². The lowest BCUT2D eigenvalue weighted by Gasteiger charge is -2.40. The standard InChI is InChI=1S/C8H16N2O2S/c1-8(12,5-13-2)4-10-3-6(9)7(10)11/h6,12H,3-5,9H2,1-2H3. The van der Waals surface area contributed by atoms with Crippen molar-refractivity contribution >= 4 is 17.7 Å². The average Bonchev–Trinajstić information content (AvgIpc) is 2.03. The number of nitrogens with zero attached hydrogens (tertiary/aromatic N) is 1. The van der Waals surface area contributed by atoms with E-state index in [1.54, 1.807) is 23.6 Å². The number of hydrogen-bond acceptors (Lipinski definition) is 4. The Kier molecular flexibility index (Phi) is 3.21. The first-order valence-corrected chi connectivity index (χ1v) is 5.61. The molecular weight excluding hydrogens is 188 g/mol. The maximum Gasteiger partial charge on any atom is 0.241 e. The van der Waals surface area contributed by atoms with Crippen LogP contribution in [0.15, 0.2) is 0 Å². The fraction of sp³-hybridized carbons (Fsp3) is 0.875. The van der Waals surface area contributed by atoms with Gasteiger partial charge in [-0.1, -0.05) is 0 Å². The number of aliphatic hydroxyl groups is 1. The van der Waals surface area contributed by atoms with E-state index < -0.39 is 5.60 Å². The fourth-order valence-corrected chi connectivity index (χ4v) is 2.15. The van der Waals surface area contributed by atoms with E-state index in [2.05, 4.69) is 0 Å². The lowest BCUT2D eigenvalue weighted by molar-refractivity contribution is -0.146. The molecule has 76 valence electrons. The van der Waals surface area contributed by atoms with E-state index in [0.29, 0.717) is 18.8 Å². The minimum absolute atomic E-state index is 0.0543. The number of carbonyl (C=O) groups excluding carboxylic acids is 1. The van der Waals surface area contributed by atoms with Crippen LogP contribution in [-0.2, 0) is 4.79 Å². The summed E-state index contributed by atoms with van der Waals surface area (Å²) in [5.74, 6) is 0.577. The Bertz CT molecular complexity index is 208. The first-order valence-electron chi connectivity index (χ1n) is 4.22. The second kappa shape index (κ2) is 3.86. The molecule has 5 heteroatoms.